The van der Waals surface area contributed by atoms with Crippen molar-refractivity contribution in [3.05, 3.63) is 24.1 Å². The molecule has 6 rings (SSSR count). The number of carbonyl (C=O) groups is 1. The lowest BCUT2D eigenvalue weighted by molar-refractivity contribution is -0.167. The molecule has 2 atom stereocenters. The molecule has 4 aliphatic rings. The Morgan fingerprint density at radius 2 is 2.08 bits per heavy atom. The molecule has 4 bridgehead atoms. The number of carbonyl (C=O) groups excluding carboxylic acids is 1. The Morgan fingerprint density at radius 1 is 1.32 bits per heavy atom. The van der Waals surface area contributed by atoms with Gasteiger partial charge in [0, 0.05) is 19.0 Å². The molecule has 0 saturated heterocycles. The number of anilines is 1. The first-order chi connectivity index (χ1) is 11.9. The van der Waals surface area contributed by atoms with E-state index in [2.05, 4.69) is 10.3 Å². The summed E-state index contributed by atoms with van der Waals surface area (Å²) < 4.78 is 5.48. The fraction of sp³-hybridized carbons (Fsp3) is 0.600. The molecular formula is C20H24N2O3. The predicted octanol–water partition coefficient (Wildman–Crippen LogP) is 3.80. The van der Waals surface area contributed by atoms with Crippen LogP contribution in [0.2, 0.25) is 0 Å². The molecule has 2 aromatic rings. The van der Waals surface area contributed by atoms with Crippen molar-refractivity contribution < 1.29 is 14.3 Å². The van der Waals surface area contributed by atoms with Gasteiger partial charge >= 0.3 is 0 Å². The second-order valence-electron chi connectivity index (χ2n) is 8.83. The SMILES string of the molecule is Cc1nc2cc(NC(=O)CC34C[C@H]5C[C@@H](CC(O)(C5)C3)C4)ccc2o1. The molecule has 1 aromatic carbocycles. The van der Waals surface area contributed by atoms with Crippen LogP contribution in [-0.4, -0.2) is 21.6 Å². The summed E-state index contributed by atoms with van der Waals surface area (Å²) in [6, 6.07) is 5.56. The number of hydrogen-bond acceptors (Lipinski definition) is 4. The number of amides is 1. The Bertz CT molecular complexity index is 842. The maximum Gasteiger partial charge on any atom is 0.224 e. The number of nitrogens with one attached hydrogen (secondary N) is 1. The third-order valence-corrected chi connectivity index (χ3v) is 6.47. The van der Waals surface area contributed by atoms with E-state index in [4.69, 9.17) is 4.42 Å². The monoisotopic (exact) mass is 340 g/mol. The molecule has 1 heterocycles. The topological polar surface area (TPSA) is 75.4 Å². The standard InChI is InChI=1S/C20H24N2O3/c1-12-21-16-5-15(2-3-17(16)25-12)22-18(23)10-19-6-13-4-14(7-19)9-20(24,8-13)11-19/h2-3,5,13-14,24H,4,6-11H2,1H3,(H,22,23)/t13-,14-,19?,20?/m1/s1. The van der Waals surface area contributed by atoms with E-state index in [9.17, 15) is 9.90 Å². The van der Waals surface area contributed by atoms with Crippen LogP contribution in [0.3, 0.4) is 0 Å². The summed E-state index contributed by atoms with van der Waals surface area (Å²) in [5.74, 6) is 1.88. The van der Waals surface area contributed by atoms with E-state index >= 15 is 0 Å². The lowest BCUT2D eigenvalue weighted by Crippen LogP contribution is -2.56. The van der Waals surface area contributed by atoms with Crippen molar-refractivity contribution in [2.45, 2.75) is 57.5 Å². The Balaban J connectivity index is 1.33. The number of oxazole rings is 1. The maximum atomic E-state index is 12.7. The van der Waals surface area contributed by atoms with Gasteiger partial charge in [0.1, 0.15) is 5.52 Å². The largest absolute Gasteiger partial charge is 0.441 e. The quantitative estimate of drug-likeness (QED) is 0.891. The smallest absolute Gasteiger partial charge is 0.224 e. The lowest BCUT2D eigenvalue weighted by atomic mass is 9.47. The van der Waals surface area contributed by atoms with Gasteiger partial charge in [-0.05, 0) is 74.0 Å². The molecule has 0 unspecified atom stereocenters. The average molecular weight is 340 g/mol. The normalized spacial score (nSPS) is 36.1. The molecular weight excluding hydrogens is 316 g/mol. The number of benzene rings is 1. The van der Waals surface area contributed by atoms with E-state index in [-0.39, 0.29) is 11.3 Å². The van der Waals surface area contributed by atoms with Crippen LogP contribution in [0.4, 0.5) is 5.69 Å². The second kappa shape index (κ2) is 5.07. The fourth-order valence-corrected chi connectivity index (χ4v) is 6.27. The molecule has 5 heteroatoms. The van der Waals surface area contributed by atoms with Crippen LogP contribution in [0, 0.1) is 24.2 Å². The number of rotatable bonds is 3. The van der Waals surface area contributed by atoms with Gasteiger partial charge in [-0.25, -0.2) is 4.98 Å². The van der Waals surface area contributed by atoms with E-state index in [1.54, 1.807) is 0 Å². The van der Waals surface area contributed by atoms with Gasteiger partial charge in [-0.15, -0.1) is 0 Å². The van der Waals surface area contributed by atoms with Gasteiger partial charge in [-0.1, -0.05) is 0 Å². The number of fused-ring (bicyclic) bond motifs is 1. The van der Waals surface area contributed by atoms with Crippen molar-refractivity contribution in [1.82, 2.24) is 4.98 Å². The van der Waals surface area contributed by atoms with Gasteiger partial charge in [-0.3, -0.25) is 4.79 Å². The first-order valence-corrected chi connectivity index (χ1v) is 9.30. The van der Waals surface area contributed by atoms with Crippen LogP contribution in [0.5, 0.6) is 0 Å². The van der Waals surface area contributed by atoms with Crippen molar-refractivity contribution >= 4 is 22.7 Å². The number of aromatic nitrogens is 1. The molecule has 0 spiro atoms. The Hall–Kier alpha value is -1.88. The molecule has 132 valence electrons. The Kier molecular flexibility index (Phi) is 3.12. The first-order valence-electron chi connectivity index (χ1n) is 9.30. The highest BCUT2D eigenvalue weighted by molar-refractivity contribution is 5.93. The summed E-state index contributed by atoms with van der Waals surface area (Å²) in [5, 5.41) is 13.9. The van der Waals surface area contributed by atoms with Gasteiger partial charge in [-0.2, -0.15) is 0 Å². The zero-order valence-electron chi connectivity index (χ0n) is 14.5. The third kappa shape index (κ3) is 2.65. The summed E-state index contributed by atoms with van der Waals surface area (Å²) >= 11 is 0. The second-order valence-corrected chi connectivity index (χ2v) is 8.83. The van der Waals surface area contributed by atoms with Crippen LogP contribution in [-0.2, 0) is 4.79 Å². The van der Waals surface area contributed by atoms with E-state index in [0.717, 1.165) is 48.9 Å². The summed E-state index contributed by atoms with van der Waals surface area (Å²) in [4.78, 5) is 17.0. The molecule has 4 aliphatic carbocycles. The van der Waals surface area contributed by atoms with Crippen LogP contribution < -0.4 is 5.32 Å². The molecule has 25 heavy (non-hydrogen) atoms. The molecule has 4 fully saturated rings. The van der Waals surface area contributed by atoms with Gasteiger partial charge < -0.3 is 14.8 Å². The van der Waals surface area contributed by atoms with Gasteiger partial charge in [0.05, 0.1) is 5.60 Å². The molecule has 0 radical (unpaired) electrons. The third-order valence-electron chi connectivity index (χ3n) is 6.47. The number of aryl methyl sites for hydroxylation is 1. The van der Waals surface area contributed by atoms with E-state index < -0.39 is 5.60 Å². The molecule has 4 saturated carbocycles. The highest BCUT2D eigenvalue weighted by atomic mass is 16.3. The first kappa shape index (κ1) is 15.4. The van der Waals surface area contributed by atoms with Crippen molar-refractivity contribution in [1.29, 1.82) is 0 Å². The minimum atomic E-state index is -0.512. The van der Waals surface area contributed by atoms with Gasteiger partial charge in [0.15, 0.2) is 11.5 Å². The zero-order valence-corrected chi connectivity index (χ0v) is 14.5. The highest BCUT2D eigenvalue weighted by Crippen LogP contribution is 2.62. The van der Waals surface area contributed by atoms with Crippen LogP contribution in [0.25, 0.3) is 11.1 Å². The summed E-state index contributed by atoms with van der Waals surface area (Å²) in [6.45, 7) is 1.82. The van der Waals surface area contributed by atoms with Crippen LogP contribution >= 0.6 is 0 Å². The fourth-order valence-electron chi connectivity index (χ4n) is 6.27. The number of nitrogens with zero attached hydrogens (tertiary/aromatic N) is 1. The number of hydrogen-bond donors (Lipinski definition) is 2. The molecule has 1 aromatic heterocycles. The average Bonchev–Trinajstić information content (AvgIpc) is 2.83. The highest BCUT2D eigenvalue weighted by Gasteiger charge is 2.57. The van der Waals surface area contributed by atoms with Crippen molar-refractivity contribution in [3.8, 4) is 0 Å². The molecule has 2 N–H and O–H groups in total. The number of aliphatic hydroxyl groups is 1. The van der Waals surface area contributed by atoms with E-state index in [1.807, 2.05) is 25.1 Å². The molecule has 1 amide bonds. The van der Waals surface area contributed by atoms with Crippen molar-refractivity contribution in [2.75, 3.05) is 5.32 Å². The van der Waals surface area contributed by atoms with Gasteiger partial charge in [0.25, 0.3) is 0 Å². The van der Waals surface area contributed by atoms with Crippen LogP contribution in [0.15, 0.2) is 22.6 Å². The van der Waals surface area contributed by atoms with Crippen LogP contribution in [0.1, 0.15) is 50.8 Å². The van der Waals surface area contributed by atoms with Crippen molar-refractivity contribution in [3.63, 3.8) is 0 Å². The molecule has 5 nitrogen and oxygen atoms in total. The summed E-state index contributed by atoms with van der Waals surface area (Å²) in [5.41, 5.74) is 1.74. The van der Waals surface area contributed by atoms with E-state index in [0.29, 0.717) is 24.1 Å². The molecule has 0 aliphatic heterocycles. The van der Waals surface area contributed by atoms with Crippen molar-refractivity contribution in [2.24, 2.45) is 17.3 Å². The Labute approximate surface area is 146 Å². The predicted molar refractivity (Wildman–Crippen MR) is 94.1 cm³/mol. The van der Waals surface area contributed by atoms with Gasteiger partial charge in [0.2, 0.25) is 5.91 Å². The minimum absolute atomic E-state index is 0.00248. The minimum Gasteiger partial charge on any atom is -0.441 e. The zero-order chi connectivity index (χ0) is 17.2. The maximum absolute atomic E-state index is 12.7. The Morgan fingerprint density at radius 3 is 2.80 bits per heavy atom. The summed E-state index contributed by atoms with van der Waals surface area (Å²) in [6.07, 6.45) is 6.62. The van der Waals surface area contributed by atoms with E-state index in [1.165, 1.54) is 6.42 Å². The lowest BCUT2D eigenvalue weighted by Gasteiger charge is -2.60. The summed E-state index contributed by atoms with van der Waals surface area (Å²) in [7, 11) is 0.